The van der Waals surface area contributed by atoms with Gasteiger partial charge in [-0.25, -0.2) is 9.78 Å². The van der Waals surface area contributed by atoms with Crippen molar-refractivity contribution in [3.63, 3.8) is 0 Å². The van der Waals surface area contributed by atoms with Gasteiger partial charge in [-0.15, -0.1) is 11.3 Å². The summed E-state index contributed by atoms with van der Waals surface area (Å²) < 4.78 is 5.09. The Balaban J connectivity index is 2.31. The van der Waals surface area contributed by atoms with E-state index in [0.29, 0.717) is 24.3 Å². The number of aromatic nitrogens is 1. The van der Waals surface area contributed by atoms with E-state index in [9.17, 15) is 4.79 Å². The summed E-state index contributed by atoms with van der Waals surface area (Å²) in [7, 11) is 0. The van der Waals surface area contributed by atoms with Crippen molar-refractivity contribution in [3.05, 3.63) is 10.4 Å². The van der Waals surface area contributed by atoms with Gasteiger partial charge < -0.3 is 4.74 Å². The quantitative estimate of drug-likeness (QED) is 0.881. The third-order valence-corrected chi connectivity index (χ3v) is 3.24. The average Bonchev–Trinajstić information content (AvgIpc) is 2.60. The smallest absolute Gasteiger partial charge is 0.412 e. The maximum atomic E-state index is 11.4. The van der Waals surface area contributed by atoms with Gasteiger partial charge in [-0.1, -0.05) is 20.8 Å². The lowest BCUT2D eigenvalue weighted by atomic mass is 10.00. The Bertz CT molecular complexity index is 350. The van der Waals surface area contributed by atoms with Crippen LogP contribution < -0.4 is 5.32 Å². The summed E-state index contributed by atoms with van der Waals surface area (Å²) in [6, 6.07) is 0. The molecule has 90 valence electrons. The molecule has 0 aliphatic rings. The molecule has 0 aliphatic heterocycles. The molecule has 1 N–H and O–H groups in total. The number of carbonyl (C=O) groups is 1. The van der Waals surface area contributed by atoms with Crippen LogP contribution in [-0.2, 0) is 4.74 Å². The van der Waals surface area contributed by atoms with Crippen molar-refractivity contribution in [2.24, 2.45) is 11.8 Å². The second kappa shape index (κ2) is 5.84. The molecule has 0 aliphatic carbocycles. The first-order valence-corrected chi connectivity index (χ1v) is 6.23. The van der Waals surface area contributed by atoms with Crippen LogP contribution in [0.4, 0.5) is 10.6 Å². The van der Waals surface area contributed by atoms with Gasteiger partial charge in [0.1, 0.15) is 5.82 Å². The Hall–Kier alpha value is -1.10. The van der Waals surface area contributed by atoms with Gasteiger partial charge in [-0.3, -0.25) is 5.32 Å². The molecular formula is C11H18N2O2S. The summed E-state index contributed by atoms with van der Waals surface area (Å²) >= 11 is 1.49. The highest BCUT2D eigenvalue weighted by Gasteiger charge is 2.11. The van der Waals surface area contributed by atoms with Crippen molar-refractivity contribution in [1.29, 1.82) is 0 Å². The molecule has 0 radical (unpaired) electrons. The molecule has 16 heavy (non-hydrogen) atoms. The Morgan fingerprint density at radius 1 is 1.56 bits per heavy atom. The zero-order valence-electron chi connectivity index (χ0n) is 10.1. The lowest BCUT2D eigenvalue weighted by Crippen LogP contribution is -2.20. The van der Waals surface area contributed by atoms with Crippen molar-refractivity contribution >= 4 is 23.2 Å². The van der Waals surface area contributed by atoms with E-state index in [1.54, 1.807) is 5.38 Å². The molecular weight excluding hydrogens is 224 g/mol. The van der Waals surface area contributed by atoms with Crippen LogP contribution in [-0.4, -0.2) is 17.7 Å². The fourth-order valence-corrected chi connectivity index (χ4v) is 1.51. The highest BCUT2D eigenvalue weighted by molar-refractivity contribution is 7.09. The lowest BCUT2D eigenvalue weighted by molar-refractivity contribution is 0.133. The van der Waals surface area contributed by atoms with E-state index in [2.05, 4.69) is 31.1 Å². The van der Waals surface area contributed by atoms with Crippen LogP contribution in [0, 0.1) is 18.8 Å². The number of aryl methyl sites for hydroxylation is 1. The zero-order valence-corrected chi connectivity index (χ0v) is 10.9. The molecule has 5 heteroatoms. The first-order chi connectivity index (χ1) is 7.49. The normalized spacial score (nSPS) is 12.6. The summed E-state index contributed by atoms with van der Waals surface area (Å²) in [5.41, 5.74) is 0. The second-order valence-corrected chi connectivity index (χ2v) is 5.26. The van der Waals surface area contributed by atoms with Crippen molar-refractivity contribution in [2.75, 3.05) is 11.9 Å². The predicted octanol–water partition coefficient (Wildman–Crippen LogP) is 3.29. The van der Waals surface area contributed by atoms with E-state index < -0.39 is 6.09 Å². The maximum Gasteiger partial charge on any atom is 0.412 e. The number of amides is 1. The first kappa shape index (κ1) is 13.0. The van der Waals surface area contributed by atoms with Crippen LogP contribution in [0.5, 0.6) is 0 Å². The van der Waals surface area contributed by atoms with Gasteiger partial charge >= 0.3 is 6.09 Å². The first-order valence-electron chi connectivity index (χ1n) is 5.35. The maximum absolute atomic E-state index is 11.4. The summed E-state index contributed by atoms with van der Waals surface area (Å²) in [5.74, 6) is 1.43. The van der Waals surface area contributed by atoms with Gasteiger partial charge in [0.25, 0.3) is 0 Å². The van der Waals surface area contributed by atoms with Crippen molar-refractivity contribution in [2.45, 2.75) is 27.7 Å². The summed E-state index contributed by atoms with van der Waals surface area (Å²) in [6.07, 6.45) is -0.433. The summed E-state index contributed by atoms with van der Waals surface area (Å²) in [4.78, 5) is 15.5. The predicted molar refractivity (Wildman–Crippen MR) is 65.8 cm³/mol. The van der Waals surface area contributed by atoms with Crippen LogP contribution >= 0.6 is 11.3 Å². The topological polar surface area (TPSA) is 51.2 Å². The van der Waals surface area contributed by atoms with Crippen molar-refractivity contribution in [1.82, 2.24) is 4.98 Å². The second-order valence-electron chi connectivity index (χ2n) is 4.20. The monoisotopic (exact) mass is 242 g/mol. The van der Waals surface area contributed by atoms with Crippen LogP contribution in [0.1, 0.15) is 25.8 Å². The van der Waals surface area contributed by atoms with Crippen molar-refractivity contribution < 1.29 is 9.53 Å². The molecule has 0 bridgehead atoms. The summed E-state index contributed by atoms with van der Waals surface area (Å²) in [5, 5.41) is 5.31. The van der Waals surface area contributed by atoms with Gasteiger partial charge in [-0.2, -0.15) is 0 Å². The molecule has 1 heterocycles. The molecule has 0 aromatic carbocycles. The molecule has 1 atom stereocenters. The highest BCUT2D eigenvalue weighted by atomic mass is 32.1. The third kappa shape index (κ3) is 4.18. The van der Waals surface area contributed by atoms with Gasteiger partial charge in [-0.05, 0) is 18.8 Å². The van der Waals surface area contributed by atoms with Gasteiger partial charge in [0.2, 0.25) is 0 Å². The minimum absolute atomic E-state index is 0.364. The number of nitrogens with zero attached hydrogens (tertiary/aromatic N) is 1. The number of hydrogen-bond donors (Lipinski definition) is 1. The number of thiazole rings is 1. The fraction of sp³-hybridized carbons (Fsp3) is 0.636. The zero-order chi connectivity index (χ0) is 12.1. The number of rotatable bonds is 4. The summed E-state index contributed by atoms with van der Waals surface area (Å²) in [6.45, 7) is 8.60. The Kier molecular flexibility index (Phi) is 4.73. The number of ether oxygens (including phenoxy) is 1. The largest absolute Gasteiger partial charge is 0.449 e. The van der Waals surface area contributed by atoms with Gasteiger partial charge in [0.15, 0.2) is 0 Å². The Morgan fingerprint density at radius 3 is 2.75 bits per heavy atom. The minimum atomic E-state index is -0.433. The van der Waals surface area contributed by atoms with E-state index >= 15 is 0 Å². The average molecular weight is 242 g/mol. The van der Waals surface area contributed by atoms with E-state index in [1.165, 1.54) is 11.3 Å². The molecule has 0 fully saturated rings. The van der Waals surface area contributed by atoms with Gasteiger partial charge in [0.05, 0.1) is 11.6 Å². The highest BCUT2D eigenvalue weighted by Crippen LogP contribution is 2.13. The molecule has 0 spiro atoms. The Labute approximate surface area is 100 Å². The van der Waals surface area contributed by atoms with Crippen molar-refractivity contribution in [3.8, 4) is 0 Å². The van der Waals surface area contributed by atoms with E-state index in [-0.39, 0.29) is 0 Å². The molecule has 1 amide bonds. The number of anilines is 1. The van der Waals surface area contributed by atoms with E-state index in [4.69, 9.17) is 4.74 Å². The third-order valence-electron chi connectivity index (χ3n) is 2.46. The van der Waals surface area contributed by atoms with Crippen LogP contribution in [0.2, 0.25) is 0 Å². The van der Waals surface area contributed by atoms with Crippen LogP contribution in [0.3, 0.4) is 0 Å². The van der Waals surface area contributed by atoms with Crippen LogP contribution in [0.25, 0.3) is 0 Å². The fourth-order valence-electron chi connectivity index (χ4n) is 0.961. The Morgan fingerprint density at radius 2 is 2.25 bits per heavy atom. The number of hydrogen-bond acceptors (Lipinski definition) is 4. The standard InChI is InChI=1S/C11H18N2O2S/c1-7(2)8(3)5-15-11(14)13-10-6-16-9(4)12-10/h6-8H,5H2,1-4H3,(H,13,14)/t8-/m1/s1. The molecule has 0 saturated heterocycles. The molecule has 1 aromatic heterocycles. The van der Waals surface area contributed by atoms with E-state index in [0.717, 1.165) is 5.01 Å². The minimum Gasteiger partial charge on any atom is -0.449 e. The molecule has 4 nitrogen and oxygen atoms in total. The molecule has 0 saturated carbocycles. The van der Waals surface area contributed by atoms with E-state index in [1.807, 2.05) is 6.92 Å². The molecule has 0 unspecified atom stereocenters. The molecule has 1 rings (SSSR count). The lowest BCUT2D eigenvalue weighted by Gasteiger charge is -2.15. The SMILES string of the molecule is Cc1nc(NC(=O)OC[C@@H](C)C(C)C)cs1. The van der Waals surface area contributed by atoms with Gasteiger partial charge in [0, 0.05) is 5.38 Å². The number of nitrogens with one attached hydrogen (secondary N) is 1. The number of carbonyl (C=O) groups excluding carboxylic acids is 1. The van der Waals surface area contributed by atoms with Crippen LogP contribution in [0.15, 0.2) is 5.38 Å². The molecule has 1 aromatic rings.